The lowest BCUT2D eigenvalue weighted by Gasteiger charge is -2.27. The molecule has 0 saturated heterocycles. The zero-order valence-corrected chi connectivity index (χ0v) is 14.1. The SMILES string of the molecule is COc1ccccc1CC(C)N(C)c1ncc(Br)cc1N. The van der Waals surface area contributed by atoms with Gasteiger partial charge in [0.05, 0.1) is 12.8 Å². The molecule has 0 saturated carbocycles. The van der Waals surface area contributed by atoms with Gasteiger partial charge in [0.2, 0.25) is 0 Å². The molecule has 0 fully saturated rings. The maximum Gasteiger partial charge on any atom is 0.151 e. The molecule has 1 heterocycles. The number of rotatable bonds is 5. The summed E-state index contributed by atoms with van der Waals surface area (Å²) in [5.41, 5.74) is 7.89. The molecule has 5 heteroatoms. The Labute approximate surface area is 134 Å². The van der Waals surface area contributed by atoms with Gasteiger partial charge >= 0.3 is 0 Å². The lowest BCUT2D eigenvalue weighted by molar-refractivity contribution is 0.408. The molecule has 112 valence electrons. The van der Waals surface area contributed by atoms with E-state index < -0.39 is 0 Å². The first-order valence-corrected chi connectivity index (χ1v) is 7.58. The first-order chi connectivity index (χ1) is 10.0. The number of hydrogen-bond acceptors (Lipinski definition) is 4. The zero-order valence-electron chi connectivity index (χ0n) is 12.5. The highest BCUT2D eigenvalue weighted by molar-refractivity contribution is 9.10. The van der Waals surface area contributed by atoms with Crippen molar-refractivity contribution in [3.8, 4) is 5.75 Å². The van der Waals surface area contributed by atoms with Crippen LogP contribution < -0.4 is 15.4 Å². The quantitative estimate of drug-likeness (QED) is 0.897. The van der Waals surface area contributed by atoms with Crippen molar-refractivity contribution in [2.24, 2.45) is 0 Å². The first-order valence-electron chi connectivity index (χ1n) is 6.78. The summed E-state index contributed by atoms with van der Waals surface area (Å²) in [6, 6.07) is 10.2. The summed E-state index contributed by atoms with van der Waals surface area (Å²) in [5.74, 6) is 1.70. The van der Waals surface area contributed by atoms with Crippen molar-refractivity contribution < 1.29 is 4.74 Å². The van der Waals surface area contributed by atoms with Crippen LogP contribution in [-0.2, 0) is 6.42 Å². The highest BCUT2D eigenvalue weighted by atomic mass is 79.9. The lowest BCUT2D eigenvalue weighted by atomic mass is 10.0. The molecular weight excluding hydrogens is 330 g/mol. The van der Waals surface area contributed by atoms with Crippen LogP contribution >= 0.6 is 15.9 Å². The van der Waals surface area contributed by atoms with Crippen molar-refractivity contribution in [3.63, 3.8) is 0 Å². The molecule has 0 aliphatic heterocycles. The van der Waals surface area contributed by atoms with Crippen molar-refractivity contribution in [2.75, 3.05) is 24.8 Å². The van der Waals surface area contributed by atoms with E-state index in [2.05, 4.69) is 38.8 Å². The van der Waals surface area contributed by atoms with Crippen molar-refractivity contribution >= 4 is 27.4 Å². The Bertz CT molecular complexity index is 618. The monoisotopic (exact) mass is 349 g/mol. The van der Waals surface area contributed by atoms with Crippen LogP contribution in [-0.4, -0.2) is 25.2 Å². The van der Waals surface area contributed by atoms with Crippen molar-refractivity contribution in [1.29, 1.82) is 0 Å². The third-order valence-electron chi connectivity index (χ3n) is 3.56. The van der Waals surface area contributed by atoms with Crippen LogP contribution in [0.1, 0.15) is 12.5 Å². The Morgan fingerprint density at radius 3 is 2.76 bits per heavy atom. The number of halogens is 1. The van der Waals surface area contributed by atoms with Gasteiger partial charge in [0, 0.05) is 23.8 Å². The predicted octanol–water partition coefficient (Wildman–Crippen LogP) is 3.50. The second-order valence-corrected chi connectivity index (χ2v) is 5.96. The fourth-order valence-corrected chi connectivity index (χ4v) is 2.63. The number of hydrogen-bond donors (Lipinski definition) is 1. The molecule has 0 radical (unpaired) electrons. The van der Waals surface area contributed by atoms with Crippen LogP contribution in [0, 0.1) is 0 Å². The molecule has 0 bridgehead atoms. The minimum absolute atomic E-state index is 0.247. The van der Waals surface area contributed by atoms with E-state index in [4.69, 9.17) is 10.5 Å². The van der Waals surface area contributed by atoms with E-state index in [0.29, 0.717) is 5.69 Å². The van der Waals surface area contributed by atoms with E-state index >= 15 is 0 Å². The van der Waals surface area contributed by atoms with Crippen LogP contribution in [0.25, 0.3) is 0 Å². The molecule has 0 aliphatic carbocycles. The fourth-order valence-electron chi connectivity index (χ4n) is 2.28. The van der Waals surface area contributed by atoms with Gasteiger partial charge in [-0.25, -0.2) is 4.98 Å². The lowest BCUT2D eigenvalue weighted by Crippen LogP contribution is -2.32. The van der Waals surface area contributed by atoms with Crippen molar-refractivity contribution in [1.82, 2.24) is 4.98 Å². The summed E-state index contributed by atoms with van der Waals surface area (Å²) in [7, 11) is 3.70. The minimum Gasteiger partial charge on any atom is -0.496 e. The van der Waals surface area contributed by atoms with E-state index in [0.717, 1.165) is 22.5 Å². The van der Waals surface area contributed by atoms with Gasteiger partial charge < -0.3 is 15.4 Å². The molecule has 1 aromatic heterocycles. The van der Waals surface area contributed by atoms with Gasteiger partial charge in [-0.2, -0.15) is 0 Å². The number of anilines is 2. The molecule has 2 rings (SSSR count). The number of nitrogens with zero attached hydrogens (tertiary/aromatic N) is 2. The number of nitrogens with two attached hydrogens (primary N) is 1. The number of nitrogen functional groups attached to an aromatic ring is 1. The van der Waals surface area contributed by atoms with Gasteiger partial charge in [-0.05, 0) is 47.0 Å². The second-order valence-electron chi connectivity index (χ2n) is 5.04. The number of methoxy groups -OCH3 is 1. The van der Waals surface area contributed by atoms with Crippen LogP contribution in [0.3, 0.4) is 0 Å². The maximum atomic E-state index is 6.05. The van der Waals surface area contributed by atoms with Crippen molar-refractivity contribution in [2.45, 2.75) is 19.4 Å². The predicted molar refractivity (Wildman–Crippen MR) is 90.9 cm³/mol. The van der Waals surface area contributed by atoms with Crippen LogP contribution in [0.4, 0.5) is 11.5 Å². The maximum absolute atomic E-state index is 6.05. The minimum atomic E-state index is 0.247. The van der Waals surface area contributed by atoms with Crippen LogP contribution in [0.5, 0.6) is 5.75 Å². The normalized spacial score (nSPS) is 12.0. The Morgan fingerprint density at radius 1 is 1.38 bits per heavy atom. The smallest absolute Gasteiger partial charge is 0.151 e. The van der Waals surface area contributed by atoms with E-state index in [9.17, 15) is 0 Å². The number of ether oxygens (including phenoxy) is 1. The summed E-state index contributed by atoms with van der Waals surface area (Å²) < 4.78 is 6.29. The standard InChI is InChI=1S/C16H20BrN3O/c1-11(8-12-6-4-5-7-15(12)21-3)20(2)16-14(18)9-13(17)10-19-16/h4-7,9-11H,8,18H2,1-3H3. The fraction of sp³-hybridized carbons (Fsp3) is 0.312. The number of para-hydroxylation sites is 1. The first kappa shape index (κ1) is 15.6. The van der Waals surface area contributed by atoms with Gasteiger partial charge in [-0.15, -0.1) is 0 Å². The van der Waals surface area contributed by atoms with Crippen molar-refractivity contribution in [3.05, 3.63) is 46.6 Å². The topological polar surface area (TPSA) is 51.4 Å². The van der Waals surface area contributed by atoms with Crippen LogP contribution in [0.2, 0.25) is 0 Å². The second kappa shape index (κ2) is 6.80. The van der Waals surface area contributed by atoms with Gasteiger partial charge in [0.15, 0.2) is 5.82 Å². The molecule has 4 nitrogen and oxygen atoms in total. The Kier molecular flexibility index (Phi) is 5.07. The zero-order chi connectivity index (χ0) is 15.4. The third-order valence-corrected chi connectivity index (χ3v) is 4.00. The van der Waals surface area contributed by atoms with E-state index in [1.807, 2.05) is 31.3 Å². The summed E-state index contributed by atoms with van der Waals surface area (Å²) >= 11 is 3.38. The van der Waals surface area contributed by atoms with E-state index in [1.165, 1.54) is 5.56 Å². The molecule has 0 amide bonds. The van der Waals surface area contributed by atoms with Gasteiger partial charge in [-0.3, -0.25) is 0 Å². The molecule has 2 N–H and O–H groups in total. The van der Waals surface area contributed by atoms with Gasteiger partial charge in [0.25, 0.3) is 0 Å². The Balaban J connectivity index is 2.17. The van der Waals surface area contributed by atoms with E-state index in [1.54, 1.807) is 13.3 Å². The average molecular weight is 350 g/mol. The number of aromatic nitrogens is 1. The molecule has 0 aliphatic rings. The summed E-state index contributed by atoms with van der Waals surface area (Å²) in [5, 5.41) is 0. The Morgan fingerprint density at radius 2 is 2.10 bits per heavy atom. The van der Waals surface area contributed by atoms with Crippen LogP contribution in [0.15, 0.2) is 41.0 Å². The molecule has 21 heavy (non-hydrogen) atoms. The van der Waals surface area contributed by atoms with Gasteiger partial charge in [0.1, 0.15) is 5.75 Å². The number of benzene rings is 1. The summed E-state index contributed by atoms with van der Waals surface area (Å²) in [6.07, 6.45) is 2.62. The largest absolute Gasteiger partial charge is 0.496 e. The molecular formula is C16H20BrN3O. The van der Waals surface area contributed by atoms with Gasteiger partial charge in [-0.1, -0.05) is 18.2 Å². The molecule has 1 atom stereocenters. The molecule has 2 aromatic rings. The average Bonchev–Trinajstić information content (AvgIpc) is 2.47. The Hall–Kier alpha value is -1.75. The molecule has 1 aromatic carbocycles. The molecule has 0 spiro atoms. The molecule has 1 unspecified atom stereocenters. The van der Waals surface area contributed by atoms with E-state index in [-0.39, 0.29) is 6.04 Å². The third kappa shape index (κ3) is 3.67. The summed E-state index contributed by atoms with van der Waals surface area (Å²) in [6.45, 7) is 2.15. The number of pyridine rings is 1. The highest BCUT2D eigenvalue weighted by Crippen LogP contribution is 2.26. The highest BCUT2D eigenvalue weighted by Gasteiger charge is 2.16. The number of likely N-dealkylation sites (N-methyl/N-ethyl adjacent to an activating group) is 1. The summed E-state index contributed by atoms with van der Waals surface area (Å²) in [4.78, 5) is 6.50.